The second-order valence-electron chi connectivity index (χ2n) is 8.32. The van der Waals surface area contributed by atoms with E-state index in [4.69, 9.17) is 0 Å². The number of nitrogens with one attached hydrogen (secondary N) is 4. The van der Waals surface area contributed by atoms with Gasteiger partial charge in [0.1, 0.15) is 6.04 Å². The third-order valence-corrected chi connectivity index (χ3v) is 6.65. The average molecular weight is 481 g/mol. The van der Waals surface area contributed by atoms with Crippen LogP contribution in [0.4, 0.5) is 0 Å². The molecule has 4 amide bonds. The van der Waals surface area contributed by atoms with E-state index in [9.17, 15) is 19.2 Å². The number of nitrogens with zero attached hydrogens (tertiary/aromatic N) is 4. The minimum Gasteiger partial charge on any atom is -0.354 e. The summed E-state index contributed by atoms with van der Waals surface area (Å²) in [5.74, 6) is -0.186. The van der Waals surface area contributed by atoms with E-state index in [0.717, 1.165) is 56.8 Å². The first kappa shape index (κ1) is 24.9. The predicted molar refractivity (Wildman–Crippen MR) is 121 cm³/mol. The number of aromatic nitrogens is 4. The Labute approximate surface area is 196 Å². The second kappa shape index (κ2) is 13.1. The normalized spacial score (nSPS) is 17.6. The van der Waals surface area contributed by atoms with Crippen molar-refractivity contribution in [2.24, 2.45) is 0 Å². The average Bonchev–Trinajstić information content (AvgIpc) is 3.49. The fourth-order valence-corrected chi connectivity index (χ4v) is 4.64. The summed E-state index contributed by atoms with van der Waals surface area (Å²) in [5.41, 5.74) is 0. The van der Waals surface area contributed by atoms with Crippen molar-refractivity contribution in [2.45, 2.75) is 63.5 Å². The lowest BCUT2D eigenvalue weighted by molar-refractivity contribution is -0.133. The van der Waals surface area contributed by atoms with Crippen molar-refractivity contribution in [2.75, 3.05) is 31.1 Å². The van der Waals surface area contributed by atoms with Crippen LogP contribution in [0.5, 0.6) is 0 Å². The molecule has 12 nitrogen and oxygen atoms in total. The number of tetrazole rings is 1. The number of carbonyl (C=O) groups excluding carboxylic acids is 4. The molecular formula is C20H32N8O4S. The zero-order valence-electron chi connectivity index (χ0n) is 18.7. The molecule has 1 aliphatic heterocycles. The van der Waals surface area contributed by atoms with E-state index in [1.54, 1.807) is 4.90 Å². The minimum absolute atomic E-state index is 0.0392. The van der Waals surface area contributed by atoms with Gasteiger partial charge in [0, 0.05) is 38.5 Å². The van der Waals surface area contributed by atoms with Crippen molar-refractivity contribution in [3.05, 3.63) is 5.82 Å². The fourth-order valence-electron chi connectivity index (χ4n) is 3.98. The van der Waals surface area contributed by atoms with E-state index in [2.05, 4.69) is 36.6 Å². The van der Waals surface area contributed by atoms with Crippen LogP contribution in [0.3, 0.4) is 0 Å². The van der Waals surface area contributed by atoms with Gasteiger partial charge in [0.15, 0.2) is 5.82 Å². The van der Waals surface area contributed by atoms with Gasteiger partial charge in [0.2, 0.25) is 23.6 Å². The van der Waals surface area contributed by atoms with Crippen molar-refractivity contribution in [3.63, 3.8) is 0 Å². The topological polar surface area (TPSA) is 162 Å². The number of rotatable bonds is 12. The molecule has 0 unspecified atom stereocenters. The molecule has 2 heterocycles. The Morgan fingerprint density at radius 1 is 1.12 bits per heavy atom. The molecule has 4 N–H and O–H groups in total. The molecule has 3 rings (SSSR count). The number of likely N-dealkylation sites (tertiary alicyclic amines) is 1. The maximum Gasteiger partial charge on any atom is 0.243 e. The minimum atomic E-state index is -0.813. The maximum absolute atomic E-state index is 12.7. The molecule has 2 fully saturated rings. The van der Waals surface area contributed by atoms with E-state index < -0.39 is 6.04 Å². The van der Waals surface area contributed by atoms with Gasteiger partial charge in [-0.15, -0.1) is 22.0 Å². The van der Waals surface area contributed by atoms with Gasteiger partial charge in [0.25, 0.3) is 0 Å². The van der Waals surface area contributed by atoms with Crippen LogP contribution < -0.4 is 16.0 Å². The van der Waals surface area contributed by atoms with Crippen LogP contribution in [0.1, 0.15) is 50.8 Å². The van der Waals surface area contributed by atoms with Gasteiger partial charge < -0.3 is 20.9 Å². The van der Waals surface area contributed by atoms with E-state index >= 15 is 0 Å². The molecule has 0 spiro atoms. The van der Waals surface area contributed by atoms with Crippen LogP contribution >= 0.6 is 11.8 Å². The lowest BCUT2D eigenvalue weighted by Crippen LogP contribution is -2.50. The van der Waals surface area contributed by atoms with Gasteiger partial charge in [-0.1, -0.05) is 18.1 Å². The summed E-state index contributed by atoms with van der Waals surface area (Å²) >= 11 is 1.16. The molecule has 1 aromatic rings. The van der Waals surface area contributed by atoms with Gasteiger partial charge in [-0.25, -0.2) is 0 Å². The first-order valence-electron chi connectivity index (χ1n) is 11.5. The Balaban J connectivity index is 1.36. The summed E-state index contributed by atoms with van der Waals surface area (Å²) in [6.07, 6.45) is 6.67. The zero-order chi connectivity index (χ0) is 23.5. The van der Waals surface area contributed by atoms with Crippen LogP contribution in [-0.4, -0.2) is 92.4 Å². The highest BCUT2D eigenvalue weighted by Gasteiger charge is 2.26. The highest BCUT2D eigenvalue weighted by molar-refractivity contribution is 8.00. The molecular weight excluding hydrogens is 448 g/mol. The number of aromatic amines is 1. The first-order chi connectivity index (χ1) is 16.0. The number of amides is 4. The Kier molecular flexibility index (Phi) is 9.91. The molecule has 2 aliphatic rings. The molecule has 0 radical (unpaired) electrons. The Bertz CT molecular complexity index is 800. The Morgan fingerprint density at radius 2 is 1.91 bits per heavy atom. The van der Waals surface area contributed by atoms with Crippen LogP contribution in [0, 0.1) is 0 Å². The number of carbonyl (C=O) groups is 4. The summed E-state index contributed by atoms with van der Waals surface area (Å²) < 4.78 is 0. The van der Waals surface area contributed by atoms with Crippen LogP contribution in [0.25, 0.3) is 0 Å². The number of hydrogen-bond donors (Lipinski definition) is 4. The maximum atomic E-state index is 12.7. The zero-order valence-corrected chi connectivity index (χ0v) is 19.5. The van der Waals surface area contributed by atoms with Crippen molar-refractivity contribution < 1.29 is 19.2 Å². The number of hydrogen-bond acceptors (Lipinski definition) is 8. The van der Waals surface area contributed by atoms with E-state index in [0.29, 0.717) is 25.3 Å². The van der Waals surface area contributed by atoms with Gasteiger partial charge in [-0.3, -0.25) is 19.2 Å². The third-order valence-electron chi connectivity index (χ3n) is 5.72. The van der Waals surface area contributed by atoms with Crippen LogP contribution in [-0.2, 0) is 25.6 Å². The molecule has 1 saturated carbocycles. The molecule has 1 saturated heterocycles. The number of H-pyrrole nitrogens is 1. The van der Waals surface area contributed by atoms with Crippen molar-refractivity contribution in [3.8, 4) is 0 Å². The largest absolute Gasteiger partial charge is 0.354 e. The van der Waals surface area contributed by atoms with E-state index in [-0.39, 0.29) is 47.6 Å². The van der Waals surface area contributed by atoms with Gasteiger partial charge in [-0.05, 0) is 25.7 Å². The van der Waals surface area contributed by atoms with Crippen molar-refractivity contribution in [1.82, 2.24) is 41.5 Å². The monoisotopic (exact) mass is 480 g/mol. The predicted octanol–water partition coefficient (Wildman–Crippen LogP) is -0.852. The molecule has 1 aliphatic carbocycles. The van der Waals surface area contributed by atoms with Gasteiger partial charge >= 0.3 is 0 Å². The summed E-state index contributed by atoms with van der Waals surface area (Å²) in [6, 6.07) is -0.687. The highest BCUT2D eigenvalue weighted by Crippen LogP contribution is 2.17. The summed E-state index contributed by atoms with van der Waals surface area (Å²) in [4.78, 5) is 50.7. The Morgan fingerprint density at radius 3 is 2.64 bits per heavy atom. The smallest absolute Gasteiger partial charge is 0.243 e. The summed E-state index contributed by atoms with van der Waals surface area (Å²) in [7, 11) is 0. The molecule has 1 aromatic heterocycles. The molecule has 33 heavy (non-hydrogen) atoms. The van der Waals surface area contributed by atoms with E-state index in [1.807, 2.05) is 0 Å². The molecule has 0 aromatic carbocycles. The highest BCUT2D eigenvalue weighted by atomic mass is 32.2. The number of thioether (sulfide) groups is 1. The first-order valence-corrected chi connectivity index (χ1v) is 12.6. The molecule has 182 valence electrons. The lowest BCUT2D eigenvalue weighted by Gasteiger charge is -2.26. The molecule has 1 atom stereocenters. The summed E-state index contributed by atoms with van der Waals surface area (Å²) in [6.45, 7) is 1.64. The molecule has 13 heteroatoms. The lowest BCUT2D eigenvalue weighted by atomic mass is 10.1. The van der Waals surface area contributed by atoms with Crippen LogP contribution in [0.2, 0.25) is 0 Å². The van der Waals surface area contributed by atoms with Crippen LogP contribution in [0.15, 0.2) is 0 Å². The molecule has 0 bridgehead atoms. The standard InChI is InChI=1S/C20H32N8O4S/c29-17(21-8-10-28-9-4-3-7-19(28)31)12-33-13-18(30)23-15(11-16-24-26-27-25-16)20(32)22-14-5-1-2-6-14/h14-15H,1-13H2,(H,21,29)(H,22,32)(H,23,30)(H,24,25,26,27)/t15-/m0/s1. The van der Waals surface area contributed by atoms with E-state index in [1.165, 1.54) is 0 Å². The van der Waals surface area contributed by atoms with Crippen molar-refractivity contribution in [1.29, 1.82) is 0 Å². The summed E-state index contributed by atoms with van der Waals surface area (Å²) in [5, 5.41) is 22.1. The SMILES string of the molecule is O=C(CSCC(=O)N[C@@H](Cc1nn[nH]n1)C(=O)NC1CCCC1)NCCN1CCCCC1=O. The third kappa shape index (κ3) is 8.63. The van der Waals surface area contributed by atoms with Gasteiger partial charge in [-0.2, -0.15) is 5.21 Å². The fraction of sp³-hybridized carbons (Fsp3) is 0.750. The quantitative estimate of drug-likeness (QED) is 0.301. The van der Waals surface area contributed by atoms with Gasteiger partial charge in [0.05, 0.1) is 11.5 Å². The second-order valence-corrected chi connectivity index (χ2v) is 9.31. The van der Waals surface area contributed by atoms with Crippen molar-refractivity contribution >= 4 is 35.4 Å². The Hall–Kier alpha value is -2.70. The number of piperidine rings is 1.